The van der Waals surface area contributed by atoms with Crippen LogP contribution in [0.4, 0.5) is 0 Å². The van der Waals surface area contributed by atoms with Gasteiger partial charge in [-0.25, -0.2) is 0 Å². The fourth-order valence-electron chi connectivity index (χ4n) is 0.997. The summed E-state index contributed by atoms with van der Waals surface area (Å²) in [6.07, 6.45) is 1.52. The SMILES string of the molecule is [2H]C([2H])([2H])n1cc2cc(Br)ccc2n1. The normalized spacial score (nSPS) is 15.9. The third kappa shape index (κ3) is 1.16. The van der Waals surface area contributed by atoms with E-state index < -0.39 is 6.98 Å². The molecule has 2 aromatic rings. The van der Waals surface area contributed by atoms with Gasteiger partial charge in [0, 0.05) is 27.1 Å². The Bertz CT molecular complexity index is 475. The molecule has 0 bridgehead atoms. The van der Waals surface area contributed by atoms with Gasteiger partial charge in [-0.2, -0.15) is 5.10 Å². The minimum Gasteiger partial charge on any atom is -0.275 e. The lowest BCUT2D eigenvalue weighted by molar-refractivity contribution is 0.780. The quantitative estimate of drug-likeness (QED) is 0.658. The monoisotopic (exact) mass is 213 g/mol. The number of hydrogen-bond acceptors (Lipinski definition) is 1. The molecular weight excluding hydrogens is 204 g/mol. The van der Waals surface area contributed by atoms with Crippen LogP contribution in [0.5, 0.6) is 0 Å². The Morgan fingerprint density at radius 1 is 1.64 bits per heavy atom. The van der Waals surface area contributed by atoms with Gasteiger partial charge in [-0.05, 0) is 18.2 Å². The molecule has 0 saturated carbocycles. The van der Waals surface area contributed by atoms with Crippen LogP contribution in [-0.2, 0) is 6.98 Å². The number of aromatic nitrogens is 2. The molecule has 0 aliphatic carbocycles. The molecular formula is C8H7BrN2. The minimum absolute atomic E-state index is 0.685. The molecule has 0 aliphatic rings. The second-order valence-corrected chi connectivity index (χ2v) is 3.19. The van der Waals surface area contributed by atoms with Crippen LogP contribution in [0.1, 0.15) is 4.11 Å². The van der Waals surface area contributed by atoms with Crippen molar-refractivity contribution in [2.45, 2.75) is 0 Å². The molecule has 0 spiro atoms. The zero-order chi connectivity index (χ0) is 10.3. The van der Waals surface area contributed by atoms with Crippen molar-refractivity contribution in [1.82, 2.24) is 9.78 Å². The Kier molecular flexibility index (Phi) is 0.906. The summed E-state index contributed by atoms with van der Waals surface area (Å²) in [5.74, 6) is 0. The summed E-state index contributed by atoms with van der Waals surface area (Å²) < 4.78 is 23.5. The van der Waals surface area contributed by atoms with Crippen molar-refractivity contribution in [3.63, 3.8) is 0 Å². The predicted octanol–water partition coefficient (Wildman–Crippen LogP) is 2.34. The first-order valence-corrected chi connectivity index (χ1v) is 3.91. The average molecular weight is 214 g/mol. The lowest BCUT2D eigenvalue weighted by Crippen LogP contribution is -1.84. The molecule has 0 fully saturated rings. The van der Waals surface area contributed by atoms with Crippen LogP contribution in [0.25, 0.3) is 10.9 Å². The number of fused-ring (bicyclic) bond motifs is 1. The zero-order valence-corrected chi connectivity index (χ0v) is 7.17. The van der Waals surface area contributed by atoms with E-state index in [4.69, 9.17) is 4.11 Å². The van der Waals surface area contributed by atoms with Gasteiger partial charge in [0.1, 0.15) is 0 Å². The van der Waals surface area contributed by atoms with E-state index in [9.17, 15) is 0 Å². The van der Waals surface area contributed by atoms with Crippen molar-refractivity contribution >= 4 is 26.8 Å². The van der Waals surface area contributed by atoms with Crippen LogP contribution >= 0.6 is 15.9 Å². The van der Waals surface area contributed by atoms with Gasteiger partial charge in [0.25, 0.3) is 0 Å². The highest BCUT2D eigenvalue weighted by atomic mass is 79.9. The lowest BCUT2D eigenvalue weighted by Gasteiger charge is -1.86. The van der Waals surface area contributed by atoms with Crippen LogP contribution in [0.2, 0.25) is 0 Å². The van der Waals surface area contributed by atoms with Crippen LogP contribution in [0, 0.1) is 0 Å². The van der Waals surface area contributed by atoms with Gasteiger partial charge in [0.15, 0.2) is 0 Å². The molecule has 1 heterocycles. The molecule has 0 saturated heterocycles. The molecule has 2 nitrogen and oxygen atoms in total. The molecule has 0 atom stereocenters. The molecule has 2 rings (SSSR count). The maximum atomic E-state index is 7.18. The van der Waals surface area contributed by atoms with Crippen molar-refractivity contribution in [2.75, 3.05) is 0 Å². The van der Waals surface area contributed by atoms with E-state index in [1.165, 1.54) is 6.20 Å². The van der Waals surface area contributed by atoms with E-state index in [1.807, 2.05) is 12.1 Å². The summed E-state index contributed by atoms with van der Waals surface area (Å²) in [6, 6.07) is 5.45. The minimum atomic E-state index is -2.20. The Morgan fingerprint density at radius 3 is 3.36 bits per heavy atom. The van der Waals surface area contributed by atoms with Gasteiger partial charge in [-0.3, -0.25) is 4.68 Å². The molecule has 0 unspecified atom stereocenters. The summed E-state index contributed by atoms with van der Waals surface area (Å²) in [5, 5.41) is 4.77. The third-order valence-corrected chi connectivity index (χ3v) is 1.96. The van der Waals surface area contributed by atoms with Crippen molar-refractivity contribution in [1.29, 1.82) is 0 Å². The number of rotatable bonds is 0. The van der Waals surface area contributed by atoms with Crippen LogP contribution in [-0.4, -0.2) is 9.78 Å². The van der Waals surface area contributed by atoms with E-state index in [2.05, 4.69) is 21.0 Å². The molecule has 3 heteroatoms. The fraction of sp³-hybridized carbons (Fsp3) is 0.125. The summed E-state index contributed by atoms with van der Waals surface area (Å²) in [6.45, 7) is -2.20. The molecule has 1 aromatic carbocycles. The topological polar surface area (TPSA) is 17.8 Å². The lowest BCUT2D eigenvalue weighted by atomic mass is 10.3. The van der Waals surface area contributed by atoms with Gasteiger partial charge in [0.05, 0.1) is 5.52 Å². The second kappa shape index (κ2) is 2.34. The van der Waals surface area contributed by atoms with Gasteiger partial charge < -0.3 is 0 Å². The van der Waals surface area contributed by atoms with Gasteiger partial charge in [-0.1, -0.05) is 15.9 Å². The first kappa shape index (κ1) is 4.26. The molecule has 0 aliphatic heterocycles. The zero-order valence-electron chi connectivity index (χ0n) is 8.58. The van der Waals surface area contributed by atoms with Crippen molar-refractivity contribution < 1.29 is 4.11 Å². The summed E-state index contributed by atoms with van der Waals surface area (Å²) in [7, 11) is 0. The van der Waals surface area contributed by atoms with E-state index in [0.29, 0.717) is 5.52 Å². The Hall–Kier alpha value is -0.830. The molecule has 1 aromatic heterocycles. The largest absolute Gasteiger partial charge is 0.275 e. The highest BCUT2D eigenvalue weighted by Gasteiger charge is 1.96. The van der Waals surface area contributed by atoms with E-state index in [-0.39, 0.29) is 0 Å². The Labute approximate surface area is 77.2 Å². The first-order chi connectivity index (χ1) is 6.47. The van der Waals surface area contributed by atoms with Crippen LogP contribution in [0.3, 0.4) is 0 Å². The highest BCUT2D eigenvalue weighted by Crippen LogP contribution is 2.17. The number of hydrogen-bond donors (Lipinski definition) is 0. The van der Waals surface area contributed by atoms with Crippen molar-refractivity contribution in [3.05, 3.63) is 28.9 Å². The Balaban J connectivity index is 2.63. The highest BCUT2D eigenvalue weighted by molar-refractivity contribution is 9.10. The van der Waals surface area contributed by atoms with Gasteiger partial charge >= 0.3 is 0 Å². The van der Waals surface area contributed by atoms with Crippen molar-refractivity contribution in [2.24, 2.45) is 6.98 Å². The third-order valence-electron chi connectivity index (χ3n) is 1.47. The maximum absolute atomic E-state index is 7.18. The van der Waals surface area contributed by atoms with Crippen LogP contribution in [0.15, 0.2) is 28.9 Å². The van der Waals surface area contributed by atoms with Gasteiger partial charge in [-0.15, -0.1) is 0 Å². The Morgan fingerprint density at radius 2 is 2.55 bits per heavy atom. The smallest absolute Gasteiger partial charge is 0.0923 e. The van der Waals surface area contributed by atoms with E-state index >= 15 is 0 Å². The number of nitrogens with zero attached hydrogens (tertiary/aromatic N) is 2. The summed E-state index contributed by atoms with van der Waals surface area (Å²) >= 11 is 3.31. The number of benzene rings is 1. The molecule has 0 radical (unpaired) electrons. The molecule has 11 heavy (non-hydrogen) atoms. The van der Waals surface area contributed by atoms with E-state index in [0.717, 1.165) is 14.5 Å². The molecule has 0 amide bonds. The number of aryl methyl sites for hydroxylation is 1. The fourth-order valence-corrected chi connectivity index (χ4v) is 1.38. The first-order valence-electron chi connectivity index (χ1n) is 4.62. The number of halogens is 1. The maximum Gasteiger partial charge on any atom is 0.0923 e. The predicted molar refractivity (Wildman–Crippen MR) is 48.4 cm³/mol. The standard InChI is InChI=1S/C8H7BrN2/c1-11-5-6-4-7(9)2-3-8(6)10-11/h2-5H,1H3/i1D3. The second-order valence-electron chi connectivity index (χ2n) is 2.28. The average Bonchev–Trinajstić information content (AvgIpc) is 2.45. The van der Waals surface area contributed by atoms with Crippen molar-refractivity contribution in [3.8, 4) is 0 Å². The molecule has 56 valence electrons. The van der Waals surface area contributed by atoms with Crippen LogP contribution < -0.4 is 0 Å². The van der Waals surface area contributed by atoms with E-state index in [1.54, 1.807) is 6.07 Å². The van der Waals surface area contributed by atoms with Gasteiger partial charge in [0.2, 0.25) is 0 Å². The summed E-state index contributed by atoms with van der Waals surface area (Å²) in [4.78, 5) is 0. The molecule has 0 N–H and O–H groups in total. The summed E-state index contributed by atoms with van der Waals surface area (Å²) in [5.41, 5.74) is 0.685.